The molecule has 106 valence electrons. The molecule has 0 aromatic carbocycles. The Morgan fingerprint density at radius 3 is 2.17 bits per heavy atom. The molecule has 0 radical (unpaired) electrons. The maximum Gasteiger partial charge on any atom is 0.240 e. The predicted octanol–water partition coefficient (Wildman–Crippen LogP) is 2.19. The fraction of sp³-hybridized carbons (Fsp3) is 0.857. The molecule has 0 aliphatic heterocycles. The minimum absolute atomic E-state index is 0.00242. The first-order valence-electron chi connectivity index (χ1n) is 6.81. The van der Waals surface area contributed by atoms with Crippen molar-refractivity contribution in [1.82, 2.24) is 10.2 Å². The highest BCUT2D eigenvalue weighted by Gasteiger charge is 2.22. The summed E-state index contributed by atoms with van der Waals surface area (Å²) >= 11 is 0. The van der Waals surface area contributed by atoms with E-state index in [9.17, 15) is 9.59 Å². The first-order valence-corrected chi connectivity index (χ1v) is 6.81. The molecule has 1 N–H and O–H groups in total. The molecule has 1 atom stereocenters. The Balaban J connectivity index is 4.42. The van der Waals surface area contributed by atoms with Crippen molar-refractivity contribution >= 4 is 11.8 Å². The number of carbonyl (C=O) groups is 2. The van der Waals surface area contributed by atoms with E-state index >= 15 is 0 Å². The zero-order valence-corrected chi connectivity index (χ0v) is 12.7. The first-order chi connectivity index (χ1) is 8.21. The van der Waals surface area contributed by atoms with E-state index in [2.05, 4.69) is 12.2 Å². The third-order valence-corrected chi connectivity index (χ3v) is 2.69. The summed E-state index contributed by atoms with van der Waals surface area (Å²) in [6.45, 7) is 12.4. The minimum Gasteiger partial charge on any atom is -0.350 e. The zero-order chi connectivity index (χ0) is 14.3. The van der Waals surface area contributed by atoms with Crippen molar-refractivity contribution in [3.63, 3.8) is 0 Å². The molecule has 0 aliphatic rings. The summed E-state index contributed by atoms with van der Waals surface area (Å²) in [7, 11) is 0. The monoisotopic (exact) mass is 256 g/mol. The fourth-order valence-electron chi connectivity index (χ4n) is 1.84. The Labute approximate surface area is 111 Å². The molecule has 0 saturated carbocycles. The van der Waals surface area contributed by atoms with Gasteiger partial charge in [0.05, 0.1) is 6.54 Å². The van der Waals surface area contributed by atoms with Crippen LogP contribution >= 0.6 is 0 Å². The number of hydrogen-bond acceptors (Lipinski definition) is 2. The highest BCUT2D eigenvalue weighted by atomic mass is 16.2. The van der Waals surface area contributed by atoms with Crippen molar-refractivity contribution in [3.8, 4) is 0 Å². The van der Waals surface area contributed by atoms with E-state index in [1.165, 1.54) is 0 Å². The van der Waals surface area contributed by atoms with Crippen LogP contribution in [0.4, 0.5) is 0 Å². The summed E-state index contributed by atoms with van der Waals surface area (Å²) in [4.78, 5) is 25.5. The van der Waals surface area contributed by atoms with Crippen LogP contribution in [0.1, 0.15) is 54.4 Å². The molecular formula is C14H28N2O2. The molecule has 1 unspecified atom stereocenters. The molecule has 0 saturated heterocycles. The van der Waals surface area contributed by atoms with Gasteiger partial charge in [-0.1, -0.05) is 20.3 Å². The van der Waals surface area contributed by atoms with Gasteiger partial charge in [0.25, 0.3) is 0 Å². The smallest absolute Gasteiger partial charge is 0.240 e. The van der Waals surface area contributed by atoms with Crippen molar-refractivity contribution in [2.75, 3.05) is 13.1 Å². The topological polar surface area (TPSA) is 49.4 Å². The van der Waals surface area contributed by atoms with E-state index in [1.54, 1.807) is 4.90 Å². The van der Waals surface area contributed by atoms with Crippen molar-refractivity contribution in [2.24, 2.45) is 5.92 Å². The molecule has 0 aromatic heterocycles. The van der Waals surface area contributed by atoms with E-state index in [1.807, 2.05) is 34.6 Å². The number of rotatable bonds is 6. The van der Waals surface area contributed by atoms with Crippen LogP contribution in [0.2, 0.25) is 0 Å². The lowest BCUT2D eigenvalue weighted by Gasteiger charge is -2.26. The van der Waals surface area contributed by atoms with Gasteiger partial charge in [-0.05, 0) is 34.1 Å². The lowest BCUT2D eigenvalue weighted by Crippen LogP contribution is -2.48. The first kappa shape index (κ1) is 16.9. The molecule has 2 amide bonds. The Morgan fingerprint density at radius 2 is 1.78 bits per heavy atom. The third kappa shape index (κ3) is 6.62. The van der Waals surface area contributed by atoms with Crippen LogP contribution in [-0.2, 0) is 9.59 Å². The van der Waals surface area contributed by atoms with Gasteiger partial charge in [-0.25, -0.2) is 0 Å². The summed E-state index contributed by atoms with van der Waals surface area (Å²) in [5, 5.41) is 2.88. The number of amides is 2. The van der Waals surface area contributed by atoms with Gasteiger partial charge in [0.2, 0.25) is 11.8 Å². The summed E-state index contributed by atoms with van der Waals surface area (Å²) in [5.41, 5.74) is -0.255. The van der Waals surface area contributed by atoms with Crippen LogP contribution < -0.4 is 5.32 Å². The molecule has 0 fully saturated rings. The maximum absolute atomic E-state index is 12.1. The minimum atomic E-state index is -0.255. The van der Waals surface area contributed by atoms with Gasteiger partial charge in [-0.3, -0.25) is 9.59 Å². The van der Waals surface area contributed by atoms with Crippen molar-refractivity contribution in [3.05, 3.63) is 0 Å². The Morgan fingerprint density at radius 1 is 1.22 bits per heavy atom. The number of nitrogens with zero attached hydrogens (tertiary/aromatic N) is 1. The molecule has 18 heavy (non-hydrogen) atoms. The number of hydrogen-bond donors (Lipinski definition) is 1. The number of nitrogens with one attached hydrogen (secondary N) is 1. The van der Waals surface area contributed by atoms with Crippen LogP contribution in [0.5, 0.6) is 0 Å². The molecular weight excluding hydrogens is 228 g/mol. The number of carbonyl (C=O) groups excluding carboxylic acids is 2. The summed E-state index contributed by atoms with van der Waals surface area (Å²) in [6.07, 6.45) is 1.86. The predicted molar refractivity (Wildman–Crippen MR) is 74.2 cm³/mol. The van der Waals surface area contributed by atoms with E-state index in [0.717, 1.165) is 12.8 Å². The van der Waals surface area contributed by atoms with E-state index in [-0.39, 0.29) is 29.8 Å². The molecule has 4 heteroatoms. The lowest BCUT2D eigenvalue weighted by atomic mass is 10.0. The Kier molecular flexibility index (Phi) is 6.96. The highest BCUT2D eigenvalue weighted by molar-refractivity contribution is 5.86. The van der Waals surface area contributed by atoms with E-state index in [4.69, 9.17) is 0 Å². The second-order valence-corrected chi connectivity index (χ2v) is 5.84. The van der Waals surface area contributed by atoms with Crippen LogP contribution in [0.25, 0.3) is 0 Å². The lowest BCUT2D eigenvalue weighted by molar-refractivity contribution is -0.139. The SMILES string of the molecule is CCCC(C)C(=O)N(CC)CC(=O)NC(C)(C)C. The molecule has 0 rings (SSSR count). The molecule has 4 nitrogen and oxygen atoms in total. The van der Waals surface area contributed by atoms with Crippen LogP contribution in [0.15, 0.2) is 0 Å². The normalized spacial score (nSPS) is 13.0. The van der Waals surface area contributed by atoms with Gasteiger partial charge >= 0.3 is 0 Å². The Bertz CT molecular complexity index is 282. The van der Waals surface area contributed by atoms with Gasteiger partial charge in [0.1, 0.15) is 0 Å². The van der Waals surface area contributed by atoms with Gasteiger partial charge in [-0.2, -0.15) is 0 Å². The van der Waals surface area contributed by atoms with Crippen LogP contribution in [0.3, 0.4) is 0 Å². The highest BCUT2D eigenvalue weighted by Crippen LogP contribution is 2.09. The molecule has 0 bridgehead atoms. The van der Waals surface area contributed by atoms with Crippen molar-refractivity contribution in [1.29, 1.82) is 0 Å². The number of likely N-dealkylation sites (N-methyl/N-ethyl adjacent to an activating group) is 1. The van der Waals surface area contributed by atoms with Crippen molar-refractivity contribution in [2.45, 2.75) is 59.9 Å². The van der Waals surface area contributed by atoms with E-state index in [0.29, 0.717) is 6.54 Å². The molecule has 0 aromatic rings. The second-order valence-electron chi connectivity index (χ2n) is 5.84. The summed E-state index contributed by atoms with van der Waals surface area (Å²) < 4.78 is 0. The second kappa shape index (κ2) is 7.39. The Hall–Kier alpha value is -1.06. The largest absolute Gasteiger partial charge is 0.350 e. The standard InChI is InChI=1S/C14H28N2O2/c1-7-9-11(3)13(18)16(8-2)10-12(17)15-14(4,5)6/h11H,7-10H2,1-6H3,(H,15,17). The summed E-state index contributed by atoms with van der Waals surface area (Å²) in [6, 6.07) is 0. The van der Waals surface area contributed by atoms with Gasteiger partial charge in [0, 0.05) is 18.0 Å². The average Bonchev–Trinajstić information content (AvgIpc) is 2.22. The van der Waals surface area contributed by atoms with Gasteiger partial charge in [0.15, 0.2) is 0 Å². The average molecular weight is 256 g/mol. The molecule has 0 aliphatic carbocycles. The van der Waals surface area contributed by atoms with Gasteiger partial charge in [-0.15, -0.1) is 0 Å². The van der Waals surface area contributed by atoms with Gasteiger partial charge < -0.3 is 10.2 Å². The fourth-order valence-corrected chi connectivity index (χ4v) is 1.84. The van der Waals surface area contributed by atoms with Crippen LogP contribution in [0, 0.1) is 5.92 Å². The third-order valence-electron chi connectivity index (χ3n) is 2.69. The zero-order valence-electron chi connectivity index (χ0n) is 12.7. The summed E-state index contributed by atoms with van der Waals surface area (Å²) in [5.74, 6) is -0.0257. The maximum atomic E-state index is 12.1. The molecule has 0 heterocycles. The van der Waals surface area contributed by atoms with E-state index < -0.39 is 0 Å². The van der Waals surface area contributed by atoms with Crippen LogP contribution in [-0.4, -0.2) is 35.3 Å². The van der Waals surface area contributed by atoms with Crippen molar-refractivity contribution < 1.29 is 9.59 Å². The molecule has 0 spiro atoms. The quantitative estimate of drug-likeness (QED) is 0.792.